The molecule has 0 saturated heterocycles. The molecule has 26 heavy (non-hydrogen) atoms. The largest absolute Gasteiger partial charge is 0.490 e. The number of aromatic nitrogens is 1. The Morgan fingerprint density at radius 3 is 2.65 bits per heavy atom. The van der Waals surface area contributed by atoms with Crippen molar-refractivity contribution in [1.82, 2.24) is 15.0 Å². The number of nitrogens with one attached hydrogen (secondary N) is 1. The monoisotopic (exact) mass is 360 g/mol. The number of ether oxygens (including phenoxy) is 1. The molecule has 0 bridgehead atoms. The number of hydrogen-bond acceptors (Lipinski definition) is 5. The second kappa shape index (κ2) is 9.82. The summed E-state index contributed by atoms with van der Waals surface area (Å²) in [5.41, 5.74) is 1.36. The first-order chi connectivity index (χ1) is 12.5. The van der Waals surface area contributed by atoms with Crippen molar-refractivity contribution in [3.05, 3.63) is 41.8 Å². The van der Waals surface area contributed by atoms with Gasteiger partial charge in [-0.2, -0.15) is 0 Å². The Labute approximate surface area is 154 Å². The van der Waals surface area contributed by atoms with Crippen LogP contribution in [0, 0.1) is 6.92 Å². The summed E-state index contributed by atoms with van der Waals surface area (Å²) in [6.07, 6.45) is 0. The summed E-state index contributed by atoms with van der Waals surface area (Å²) in [5.74, 6) is 1.39. The molecule has 2 rings (SSSR count). The van der Waals surface area contributed by atoms with Gasteiger partial charge in [0.2, 0.25) is 0 Å². The molecule has 0 fully saturated rings. The smallest absolute Gasteiger partial charge is 0.322 e. The van der Waals surface area contributed by atoms with Crippen molar-refractivity contribution in [3.8, 4) is 5.75 Å². The van der Waals surface area contributed by atoms with Gasteiger partial charge in [0.25, 0.3) is 0 Å². The molecule has 1 aromatic carbocycles. The van der Waals surface area contributed by atoms with E-state index in [0.29, 0.717) is 30.3 Å². The highest BCUT2D eigenvalue weighted by Gasteiger charge is 2.14. The normalized spacial score (nSPS) is 10.8. The molecule has 7 nitrogen and oxygen atoms in total. The summed E-state index contributed by atoms with van der Waals surface area (Å²) in [7, 11) is 1.71. The number of carbonyl (C=O) groups excluding carboxylic acids is 1. The third-order valence-corrected chi connectivity index (χ3v) is 4.11. The highest BCUT2D eigenvalue weighted by Crippen LogP contribution is 2.24. The quantitative estimate of drug-likeness (QED) is 0.742. The predicted molar refractivity (Wildman–Crippen MR) is 101 cm³/mol. The third-order valence-electron chi connectivity index (χ3n) is 4.11. The van der Waals surface area contributed by atoms with E-state index in [2.05, 4.69) is 29.2 Å². The van der Waals surface area contributed by atoms with Crippen LogP contribution >= 0.6 is 0 Å². The molecule has 0 atom stereocenters. The number of anilines is 1. The number of hydrogen-bond donors (Lipinski definition) is 1. The van der Waals surface area contributed by atoms with Crippen LogP contribution in [0.3, 0.4) is 0 Å². The maximum absolute atomic E-state index is 12.4. The summed E-state index contributed by atoms with van der Waals surface area (Å²) < 4.78 is 10.9. The molecule has 1 N–H and O–H groups in total. The summed E-state index contributed by atoms with van der Waals surface area (Å²) in [6.45, 7) is 9.85. The van der Waals surface area contributed by atoms with Crippen molar-refractivity contribution >= 4 is 11.7 Å². The molecule has 1 heterocycles. The van der Waals surface area contributed by atoms with Crippen LogP contribution in [-0.2, 0) is 6.54 Å². The van der Waals surface area contributed by atoms with Crippen LogP contribution in [0.2, 0.25) is 0 Å². The van der Waals surface area contributed by atoms with Gasteiger partial charge in [0.1, 0.15) is 23.8 Å². The van der Waals surface area contributed by atoms with Crippen molar-refractivity contribution in [2.24, 2.45) is 0 Å². The lowest BCUT2D eigenvalue weighted by Gasteiger charge is -2.20. The lowest BCUT2D eigenvalue weighted by Crippen LogP contribution is -2.31. The van der Waals surface area contributed by atoms with E-state index in [9.17, 15) is 4.79 Å². The molecule has 0 saturated carbocycles. The summed E-state index contributed by atoms with van der Waals surface area (Å²) in [4.78, 5) is 16.3. The van der Waals surface area contributed by atoms with Crippen molar-refractivity contribution in [2.75, 3.05) is 38.6 Å². The molecule has 2 aromatic rings. The Bertz CT molecular complexity index is 698. The van der Waals surface area contributed by atoms with Crippen LogP contribution in [0.1, 0.15) is 25.3 Å². The zero-order valence-electron chi connectivity index (χ0n) is 16.0. The predicted octanol–water partition coefficient (Wildman–Crippen LogP) is 3.37. The minimum atomic E-state index is -0.231. The Morgan fingerprint density at radius 1 is 1.27 bits per heavy atom. The maximum Gasteiger partial charge on any atom is 0.322 e. The molecular weight excluding hydrogens is 332 g/mol. The van der Waals surface area contributed by atoms with E-state index >= 15 is 0 Å². The van der Waals surface area contributed by atoms with E-state index in [1.165, 1.54) is 0 Å². The fourth-order valence-corrected chi connectivity index (χ4v) is 2.54. The van der Waals surface area contributed by atoms with Crippen LogP contribution in [-0.4, -0.2) is 54.3 Å². The summed E-state index contributed by atoms with van der Waals surface area (Å²) in [6, 6.07) is 9.04. The number of urea groups is 1. The Morgan fingerprint density at radius 2 is 2.00 bits per heavy atom. The number of benzene rings is 1. The van der Waals surface area contributed by atoms with Crippen LogP contribution in [0.25, 0.3) is 0 Å². The number of rotatable bonds is 9. The highest BCUT2D eigenvalue weighted by molar-refractivity contribution is 5.90. The summed E-state index contributed by atoms with van der Waals surface area (Å²) >= 11 is 0. The van der Waals surface area contributed by atoms with Gasteiger partial charge in [0.15, 0.2) is 0 Å². The number of likely N-dealkylation sites (N-methyl/N-ethyl adjacent to an activating group) is 1. The zero-order chi connectivity index (χ0) is 18.9. The first-order valence-electron chi connectivity index (χ1n) is 8.92. The van der Waals surface area contributed by atoms with Gasteiger partial charge in [-0.3, -0.25) is 0 Å². The van der Waals surface area contributed by atoms with Gasteiger partial charge in [-0.05, 0) is 32.1 Å². The van der Waals surface area contributed by atoms with E-state index in [1.807, 2.05) is 37.3 Å². The van der Waals surface area contributed by atoms with Gasteiger partial charge in [-0.1, -0.05) is 31.1 Å². The van der Waals surface area contributed by atoms with E-state index < -0.39 is 0 Å². The second-order valence-electron chi connectivity index (χ2n) is 6.09. The molecule has 2 amide bonds. The molecule has 142 valence electrons. The molecule has 0 unspecified atom stereocenters. The molecule has 0 radical (unpaired) electrons. The van der Waals surface area contributed by atoms with Crippen molar-refractivity contribution in [1.29, 1.82) is 0 Å². The van der Waals surface area contributed by atoms with E-state index in [-0.39, 0.29) is 6.03 Å². The zero-order valence-corrected chi connectivity index (χ0v) is 16.0. The number of carbonyl (C=O) groups is 1. The van der Waals surface area contributed by atoms with Gasteiger partial charge in [0.05, 0.1) is 12.2 Å². The topological polar surface area (TPSA) is 70.8 Å². The van der Waals surface area contributed by atoms with Crippen LogP contribution in [0.4, 0.5) is 10.5 Å². The SMILES string of the molecule is CCN(CC)CCOc1ccccc1NC(=O)N(C)Cc1cc(C)on1. The fourth-order valence-electron chi connectivity index (χ4n) is 2.54. The minimum Gasteiger partial charge on any atom is -0.490 e. The minimum absolute atomic E-state index is 0.231. The number of aryl methyl sites for hydroxylation is 1. The fraction of sp³-hybridized carbons (Fsp3) is 0.474. The second-order valence-corrected chi connectivity index (χ2v) is 6.09. The molecular formula is C19H28N4O3. The van der Waals surface area contributed by atoms with E-state index in [1.54, 1.807) is 11.9 Å². The summed E-state index contributed by atoms with van der Waals surface area (Å²) in [5, 5.41) is 6.80. The molecule has 1 aromatic heterocycles. The Balaban J connectivity index is 1.92. The van der Waals surface area contributed by atoms with Gasteiger partial charge < -0.3 is 24.4 Å². The van der Waals surface area contributed by atoms with Gasteiger partial charge >= 0.3 is 6.03 Å². The molecule has 0 aliphatic heterocycles. The Kier molecular flexibility index (Phi) is 7.47. The first-order valence-corrected chi connectivity index (χ1v) is 8.92. The molecule has 7 heteroatoms. The molecule has 0 aliphatic rings. The maximum atomic E-state index is 12.4. The Hall–Kier alpha value is -2.54. The van der Waals surface area contributed by atoms with E-state index in [0.717, 1.165) is 25.4 Å². The number of para-hydroxylation sites is 2. The van der Waals surface area contributed by atoms with Crippen molar-refractivity contribution in [2.45, 2.75) is 27.3 Å². The lowest BCUT2D eigenvalue weighted by molar-refractivity contribution is 0.217. The number of amides is 2. The third kappa shape index (κ3) is 5.77. The van der Waals surface area contributed by atoms with E-state index in [4.69, 9.17) is 9.26 Å². The van der Waals surface area contributed by atoms with Gasteiger partial charge in [0, 0.05) is 19.7 Å². The molecule has 0 spiro atoms. The average molecular weight is 360 g/mol. The van der Waals surface area contributed by atoms with Crippen LogP contribution < -0.4 is 10.1 Å². The number of nitrogens with zero attached hydrogens (tertiary/aromatic N) is 3. The van der Waals surface area contributed by atoms with Crippen LogP contribution in [0.5, 0.6) is 5.75 Å². The van der Waals surface area contributed by atoms with Crippen molar-refractivity contribution in [3.63, 3.8) is 0 Å². The highest BCUT2D eigenvalue weighted by atomic mass is 16.5. The average Bonchev–Trinajstić information content (AvgIpc) is 3.04. The first kappa shape index (κ1) is 19.8. The van der Waals surface area contributed by atoms with Gasteiger partial charge in [-0.15, -0.1) is 0 Å². The standard InChI is InChI=1S/C19H28N4O3/c1-5-23(6-2)11-12-25-18-10-8-7-9-17(18)20-19(24)22(4)14-16-13-15(3)26-21-16/h7-10,13H,5-6,11-12,14H2,1-4H3,(H,20,24). The van der Waals surface area contributed by atoms with Crippen molar-refractivity contribution < 1.29 is 14.1 Å². The van der Waals surface area contributed by atoms with Crippen LogP contribution in [0.15, 0.2) is 34.9 Å². The van der Waals surface area contributed by atoms with Gasteiger partial charge in [-0.25, -0.2) is 4.79 Å². The lowest BCUT2D eigenvalue weighted by atomic mass is 10.3. The molecule has 0 aliphatic carbocycles.